The number of carbonyl (C=O) groups excluding carboxylic acids is 1. The molecule has 0 saturated heterocycles. The minimum atomic E-state index is -0.331. The maximum atomic E-state index is 12.2. The Balaban J connectivity index is 1.65. The van der Waals surface area contributed by atoms with E-state index in [1.54, 1.807) is 43.9 Å². The van der Waals surface area contributed by atoms with E-state index in [0.29, 0.717) is 18.0 Å². The van der Waals surface area contributed by atoms with Crippen LogP contribution in [-0.2, 0) is 0 Å². The maximum Gasteiger partial charge on any atom is 0.319 e. The number of hydrogen-bond donors (Lipinski definition) is 2. The first-order chi connectivity index (χ1) is 11.8. The lowest BCUT2D eigenvalue weighted by molar-refractivity contribution is 0.251. The number of rotatable bonds is 6. The molecule has 0 saturated carbocycles. The monoisotopic (exact) mass is 326 g/mol. The topological polar surface area (TPSA) is 76.6 Å². The van der Waals surface area contributed by atoms with Crippen molar-refractivity contribution in [2.75, 3.05) is 19.0 Å². The van der Waals surface area contributed by atoms with Gasteiger partial charge in [-0.2, -0.15) is 0 Å². The van der Waals surface area contributed by atoms with Crippen LogP contribution >= 0.6 is 0 Å². The van der Waals surface area contributed by atoms with Crippen LogP contribution in [0.3, 0.4) is 0 Å². The van der Waals surface area contributed by atoms with Gasteiger partial charge in [-0.15, -0.1) is 0 Å². The van der Waals surface area contributed by atoms with E-state index in [0.717, 1.165) is 11.5 Å². The van der Waals surface area contributed by atoms with E-state index in [-0.39, 0.29) is 11.9 Å². The molecule has 124 valence electrons. The van der Waals surface area contributed by atoms with Gasteiger partial charge >= 0.3 is 6.03 Å². The van der Waals surface area contributed by atoms with Gasteiger partial charge in [0.2, 0.25) is 0 Å². The number of hydrogen-bond acceptors (Lipinski definition) is 4. The summed E-state index contributed by atoms with van der Waals surface area (Å²) in [6, 6.07) is 14.2. The highest BCUT2D eigenvalue weighted by Gasteiger charge is 2.20. The van der Waals surface area contributed by atoms with Gasteiger partial charge in [-0.3, -0.25) is 0 Å². The number of amides is 2. The first kappa shape index (κ1) is 15.7. The highest BCUT2D eigenvalue weighted by atomic mass is 16.5. The molecule has 2 N–H and O–H groups in total. The molecule has 0 aliphatic heterocycles. The highest BCUT2D eigenvalue weighted by Crippen LogP contribution is 2.25. The van der Waals surface area contributed by atoms with Crippen molar-refractivity contribution < 1.29 is 18.4 Å². The second-order valence-corrected chi connectivity index (χ2v) is 5.12. The van der Waals surface area contributed by atoms with Crippen molar-refractivity contribution in [3.8, 4) is 5.75 Å². The van der Waals surface area contributed by atoms with E-state index in [9.17, 15) is 4.79 Å². The molecule has 0 unspecified atom stereocenters. The van der Waals surface area contributed by atoms with Gasteiger partial charge in [-0.25, -0.2) is 4.79 Å². The number of methoxy groups -OCH3 is 1. The molecule has 2 aromatic heterocycles. The first-order valence-electron chi connectivity index (χ1n) is 7.52. The molecule has 0 radical (unpaired) electrons. The zero-order valence-electron chi connectivity index (χ0n) is 13.2. The number of ether oxygens (including phenoxy) is 1. The molecule has 24 heavy (non-hydrogen) atoms. The fourth-order valence-electron chi connectivity index (χ4n) is 2.43. The van der Waals surface area contributed by atoms with Crippen molar-refractivity contribution >= 4 is 11.7 Å². The Bertz CT molecular complexity index is 732. The fraction of sp³-hybridized carbons (Fsp3) is 0.167. The van der Waals surface area contributed by atoms with Crippen molar-refractivity contribution in [1.29, 1.82) is 0 Å². The minimum absolute atomic E-state index is 0.196. The zero-order valence-corrected chi connectivity index (χ0v) is 13.2. The van der Waals surface area contributed by atoms with Crippen molar-refractivity contribution in [3.63, 3.8) is 0 Å². The predicted octanol–water partition coefficient (Wildman–Crippen LogP) is 3.83. The maximum absolute atomic E-state index is 12.2. The normalized spacial score (nSPS) is 10.6. The summed E-state index contributed by atoms with van der Waals surface area (Å²) < 4.78 is 16.1. The van der Waals surface area contributed by atoms with Gasteiger partial charge in [0.25, 0.3) is 0 Å². The molecule has 6 nitrogen and oxygen atoms in total. The van der Waals surface area contributed by atoms with Gasteiger partial charge in [-0.1, -0.05) is 12.1 Å². The minimum Gasteiger partial charge on any atom is -0.495 e. The Morgan fingerprint density at radius 3 is 2.29 bits per heavy atom. The van der Waals surface area contributed by atoms with Gasteiger partial charge < -0.3 is 24.2 Å². The molecule has 0 spiro atoms. The van der Waals surface area contributed by atoms with Crippen LogP contribution in [0, 0.1) is 0 Å². The standard InChI is InChI=1S/C18H18N2O4/c1-22-17-7-3-2-6-14(17)20-18(21)19-12-13(15-8-4-10-23-15)16-9-5-11-24-16/h2-11,13H,12H2,1H3,(H2,19,20,21). The van der Waals surface area contributed by atoms with Gasteiger partial charge in [0.15, 0.2) is 0 Å². The summed E-state index contributed by atoms with van der Waals surface area (Å²) in [4.78, 5) is 12.2. The van der Waals surface area contributed by atoms with Crippen LogP contribution in [0.25, 0.3) is 0 Å². The number of para-hydroxylation sites is 2. The Kier molecular flexibility index (Phi) is 4.86. The van der Waals surface area contributed by atoms with E-state index in [2.05, 4.69) is 10.6 Å². The average Bonchev–Trinajstić information content (AvgIpc) is 3.30. The van der Waals surface area contributed by atoms with E-state index in [1.807, 2.05) is 24.3 Å². The molecule has 3 rings (SSSR count). The summed E-state index contributed by atoms with van der Waals surface area (Å²) in [6.07, 6.45) is 3.19. The summed E-state index contributed by atoms with van der Waals surface area (Å²) >= 11 is 0. The van der Waals surface area contributed by atoms with Crippen LogP contribution in [0.4, 0.5) is 10.5 Å². The van der Waals surface area contributed by atoms with Crippen LogP contribution in [0.2, 0.25) is 0 Å². The molecule has 3 aromatic rings. The number of carbonyl (C=O) groups is 1. The van der Waals surface area contributed by atoms with Crippen molar-refractivity contribution in [3.05, 3.63) is 72.6 Å². The van der Waals surface area contributed by atoms with Crippen LogP contribution in [0.5, 0.6) is 5.75 Å². The summed E-state index contributed by atoms with van der Waals surface area (Å²) in [5.74, 6) is 1.85. The van der Waals surface area contributed by atoms with E-state index in [4.69, 9.17) is 13.6 Å². The second-order valence-electron chi connectivity index (χ2n) is 5.12. The molecule has 0 atom stereocenters. The largest absolute Gasteiger partial charge is 0.495 e. The predicted molar refractivity (Wildman–Crippen MR) is 89.3 cm³/mol. The second kappa shape index (κ2) is 7.41. The number of anilines is 1. The lowest BCUT2D eigenvalue weighted by Crippen LogP contribution is -2.32. The Hall–Kier alpha value is -3.15. The Labute approximate surface area is 139 Å². The third-order valence-corrected chi connectivity index (χ3v) is 3.60. The highest BCUT2D eigenvalue weighted by molar-refractivity contribution is 5.90. The Morgan fingerprint density at radius 1 is 1.04 bits per heavy atom. The van der Waals surface area contributed by atoms with Crippen molar-refractivity contribution in [1.82, 2.24) is 5.32 Å². The molecule has 0 bridgehead atoms. The van der Waals surface area contributed by atoms with Gasteiger partial charge in [0.1, 0.15) is 17.3 Å². The molecule has 1 aromatic carbocycles. The van der Waals surface area contributed by atoms with Crippen molar-refractivity contribution in [2.24, 2.45) is 0 Å². The molecule has 6 heteroatoms. The summed E-state index contributed by atoms with van der Waals surface area (Å²) in [5.41, 5.74) is 0.602. The smallest absolute Gasteiger partial charge is 0.319 e. The summed E-state index contributed by atoms with van der Waals surface area (Å²) in [5, 5.41) is 5.60. The first-order valence-corrected chi connectivity index (χ1v) is 7.52. The third-order valence-electron chi connectivity index (χ3n) is 3.60. The molecular weight excluding hydrogens is 308 g/mol. The SMILES string of the molecule is COc1ccccc1NC(=O)NCC(c1ccco1)c1ccco1. The molecule has 2 amide bonds. The average molecular weight is 326 g/mol. The molecule has 0 aliphatic carbocycles. The van der Waals surface area contributed by atoms with E-state index < -0.39 is 0 Å². The third kappa shape index (κ3) is 3.60. The molecular formula is C18H18N2O4. The quantitative estimate of drug-likeness (QED) is 0.721. The Morgan fingerprint density at radius 2 is 1.71 bits per heavy atom. The number of furan rings is 2. The van der Waals surface area contributed by atoms with Crippen LogP contribution in [-0.4, -0.2) is 19.7 Å². The van der Waals surface area contributed by atoms with E-state index in [1.165, 1.54) is 0 Å². The van der Waals surface area contributed by atoms with Gasteiger partial charge in [0, 0.05) is 6.54 Å². The van der Waals surface area contributed by atoms with Crippen LogP contribution in [0.15, 0.2) is 69.9 Å². The number of nitrogens with one attached hydrogen (secondary N) is 2. The summed E-state index contributed by atoms with van der Waals surface area (Å²) in [6.45, 7) is 0.335. The van der Waals surface area contributed by atoms with Crippen LogP contribution < -0.4 is 15.4 Å². The van der Waals surface area contributed by atoms with Gasteiger partial charge in [-0.05, 0) is 36.4 Å². The molecule has 0 fully saturated rings. The zero-order chi connectivity index (χ0) is 16.8. The number of urea groups is 1. The van der Waals surface area contributed by atoms with Gasteiger partial charge in [0.05, 0.1) is 31.2 Å². The van der Waals surface area contributed by atoms with Crippen molar-refractivity contribution in [2.45, 2.75) is 5.92 Å². The fourth-order valence-corrected chi connectivity index (χ4v) is 2.43. The number of benzene rings is 1. The lowest BCUT2D eigenvalue weighted by atomic mass is 10.0. The summed E-state index contributed by atoms with van der Waals surface area (Å²) in [7, 11) is 1.56. The van der Waals surface area contributed by atoms with Crippen LogP contribution in [0.1, 0.15) is 17.4 Å². The van der Waals surface area contributed by atoms with E-state index >= 15 is 0 Å². The lowest BCUT2D eigenvalue weighted by Gasteiger charge is -2.15. The molecule has 0 aliphatic rings. The molecule has 2 heterocycles.